The smallest absolute Gasteiger partial charge is 0.309 e. The number of ether oxygens (including phenoxy) is 4. The van der Waals surface area contributed by atoms with Gasteiger partial charge >= 0.3 is 11.9 Å². The summed E-state index contributed by atoms with van der Waals surface area (Å²) >= 11 is 0. The van der Waals surface area contributed by atoms with E-state index in [0.717, 1.165) is 110 Å². The van der Waals surface area contributed by atoms with Crippen molar-refractivity contribution < 1.29 is 66.4 Å². The number of esters is 2. The van der Waals surface area contributed by atoms with E-state index in [0.29, 0.717) is 18.6 Å². The van der Waals surface area contributed by atoms with E-state index in [9.17, 15) is 38.1 Å². The highest BCUT2D eigenvalue weighted by molar-refractivity contribution is 7.85. The van der Waals surface area contributed by atoms with Crippen LogP contribution in [0.5, 0.6) is 0 Å². The van der Waals surface area contributed by atoms with Crippen LogP contribution in [0.15, 0.2) is 0 Å². The van der Waals surface area contributed by atoms with Gasteiger partial charge in [0.25, 0.3) is 10.1 Å². The van der Waals surface area contributed by atoms with E-state index in [1.54, 1.807) is 0 Å². The Morgan fingerprint density at radius 3 is 1.21 bits per heavy atom. The van der Waals surface area contributed by atoms with Crippen LogP contribution in [0.2, 0.25) is 0 Å². The highest BCUT2D eigenvalue weighted by Crippen LogP contribution is 2.36. The van der Waals surface area contributed by atoms with Gasteiger partial charge in [-0.1, -0.05) is 0 Å². The van der Waals surface area contributed by atoms with E-state index < -0.39 is 32.5 Å². The lowest BCUT2D eigenvalue weighted by molar-refractivity contribution is -0.164. The first-order valence-electron chi connectivity index (χ1n) is 20.5. The third-order valence-electron chi connectivity index (χ3n) is 9.20. The molecule has 0 amide bonds. The first kappa shape index (κ1) is 54.3. The summed E-state index contributed by atoms with van der Waals surface area (Å²) in [6.07, 6.45) is 18.0. The molecule has 6 aliphatic rings. The third kappa shape index (κ3) is 32.3. The van der Waals surface area contributed by atoms with Gasteiger partial charge < -0.3 is 39.4 Å². The molecule has 0 radical (unpaired) electrons. The molecule has 6 rings (SSSR count). The molecule has 0 spiro atoms. The van der Waals surface area contributed by atoms with Gasteiger partial charge in [-0.15, -0.1) is 0 Å². The molecule has 4 aliphatic carbocycles. The van der Waals surface area contributed by atoms with Crippen molar-refractivity contribution in [3.8, 4) is 0 Å². The van der Waals surface area contributed by atoms with Gasteiger partial charge in [0.1, 0.15) is 17.0 Å². The van der Waals surface area contributed by atoms with Gasteiger partial charge in [-0.2, -0.15) is 8.42 Å². The molecule has 0 aromatic rings. The Kier molecular flexibility index (Phi) is 26.3. The zero-order chi connectivity index (χ0) is 42.9. The van der Waals surface area contributed by atoms with E-state index >= 15 is 0 Å². The Balaban J connectivity index is 0.000000650. The van der Waals surface area contributed by atoms with Gasteiger partial charge in [0.05, 0.1) is 36.1 Å². The average Bonchev–Trinajstić information content (AvgIpc) is 3.77. The second-order valence-corrected chi connectivity index (χ2v) is 19.1. The van der Waals surface area contributed by atoms with E-state index in [2.05, 4.69) is 4.18 Å². The summed E-state index contributed by atoms with van der Waals surface area (Å²) in [6.45, 7) is 16.6. The third-order valence-corrected chi connectivity index (χ3v) is 9.80. The number of hydrogen-bond acceptors (Lipinski definition) is 14. The maximum absolute atomic E-state index is 11.3. The molecular formula is C41H78O14S. The van der Waals surface area contributed by atoms with Crippen LogP contribution in [-0.2, 0) is 47.6 Å². The maximum atomic E-state index is 11.3. The van der Waals surface area contributed by atoms with Crippen molar-refractivity contribution in [1.29, 1.82) is 0 Å². The average molecular weight is 827 g/mol. The van der Waals surface area contributed by atoms with Crippen LogP contribution in [0.25, 0.3) is 0 Å². The molecule has 15 heteroatoms. The van der Waals surface area contributed by atoms with E-state index in [1.807, 2.05) is 41.5 Å². The minimum atomic E-state index is -3.34. The zero-order valence-electron chi connectivity index (χ0n) is 36.0. The SMILES string of the molecule is C1CCOC1.C1CCOC1.CC(=O)OC(C)(C)C.CC(C)(C)OC(=O)CC1(O)CCC1.CS(=O)(=O)OCCC1(O)CCC1.O=C1CCC1.OCCC1(O)CCC1. The standard InChI is InChI=1S/C10H18O3.C7H14O4S.2C6H12O2.2C4H8O.C4H6O/c1-9(2,3)13-8(11)7-10(12)5-4-6-10;1-12(9,10)11-6-5-7(8)3-2-4-7;7-5-4-6(8)2-1-3-6;1-5(7)8-6(2,3)4;2*1-2-4-5-3-1;5-4-2-1-3-4/h12H,4-7H2,1-3H3;8H,2-6H2,1H3;7-8H,1-5H2;1-4H3;2*1-4H2;1-3H2. The van der Waals surface area contributed by atoms with Crippen LogP contribution in [-0.4, -0.2) is 120 Å². The number of hydrogen-bond donors (Lipinski definition) is 4. The molecule has 14 nitrogen and oxygen atoms in total. The van der Waals surface area contributed by atoms with Crippen molar-refractivity contribution in [3.05, 3.63) is 0 Å². The zero-order valence-corrected chi connectivity index (χ0v) is 36.8. The summed E-state index contributed by atoms with van der Waals surface area (Å²) in [5, 5.41) is 36.9. The molecule has 4 N–H and O–H groups in total. The second-order valence-electron chi connectivity index (χ2n) is 17.5. The van der Waals surface area contributed by atoms with Gasteiger partial charge in [0.2, 0.25) is 0 Å². The van der Waals surface area contributed by atoms with Gasteiger partial charge in [-0.05, 0) is 138 Å². The van der Waals surface area contributed by atoms with Crippen LogP contribution in [0, 0.1) is 0 Å². The maximum Gasteiger partial charge on any atom is 0.309 e. The van der Waals surface area contributed by atoms with Crippen LogP contribution in [0.3, 0.4) is 0 Å². The molecule has 0 unspecified atom stereocenters. The number of Topliss-reactive ketones (excluding diaryl/α,β-unsaturated/α-hetero) is 1. The molecule has 0 bridgehead atoms. The molecule has 2 heterocycles. The summed E-state index contributed by atoms with van der Waals surface area (Å²) in [4.78, 5) is 31.4. The number of carbonyl (C=O) groups is 3. The molecule has 4 saturated carbocycles. The van der Waals surface area contributed by atoms with Crippen molar-refractivity contribution in [1.82, 2.24) is 0 Å². The first-order chi connectivity index (χ1) is 25.8. The fraction of sp³-hybridized carbons (Fsp3) is 0.927. The lowest BCUT2D eigenvalue weighted by Crippen LogP contribution is -2.40. The minimum Gasteiger partial charge on any atom is -0.460 e. The summed E-state index contributed by atoms with van der Waals surface area (Å²) in [7, 11) is -3.34. The predicted molar refractivity (Wildman–Crippen MR) is 214 cm³/mol. The van der Waals surface area contributed by atoms with Gasteiger partial charge in [0, 0.05) is 59.2 Å². The summed E-state index contributed by atoms with van der Waals surface area (Å²) in [6, 6.07) is 0. The van der Waals surface area contributed by atoms with Gasteiger partial charge in [0.15, 0.2) is 0 Å². The first-order valence-corrected chi connectivity index (χ1v) is 22.3. The van der Waals surface area contributed by atoms with Crippen molar-refractivity contribution in [2.45, 2.75) is 198 Å². The Morgan fingerprint density at radius 2 is 1.04 bits per heavy atom. The number of aliphatic hydroxyl groups is 4. The minimum absolute atomic E-state index is 0.0926. The van der Waals surface area contributed by atoms with Crippen molar-refractivity contribution in [3.63, 3.8) is 0 Å². The van der Waals surface area contributed by atoms with Crippen LogP contribution in [0.1, 0.15) is 170 Å². The molecule has 2 saturated heterocycles. The highest BCUT2D eigenvalue weighted by atomic mass is 32.2. The van der Waals surface area contributed by atoms with E-state index in [-0.39, 0.29) is 37.2 Å². The summed E-state index contributed by atoms with van der Waals surface area (Å²) < 4.78 is 45.4. The number of carbonyl (C=O) groups excluding carboxylic acids is 3. The topological polar surface area (TPSA) is 212 Å². The van der Waals surface area contributed by atoms with Crippen LogP contribution in [0.4, 0.5) is 0 Å². The molecule has 0 aromatic carbocycles. The monoisotopic (exact) mass is 827 g/mol. The predicted octanol–water partition coefficient (Wildman–Crippen LogP) is 5.87. The summed E-state index contributed by atoms with van der Waals surface area (Å²) in [5.41, 5.74) is -2.66. The molecule has 2 aliphatic heterocycles. The van der Waals surface area contributed by atoms with Gasteiger partial charge in [-0.3, -0.25) is 18.6 Å². The summed E-state index contributed by atoms with van der Waals surface area (Å²) in [5.74, 6) is -0.0859. The molecule has 332 valence electrons. The lowest BCUT2D eigenvalue weighted by Gasteiger charge is -2.36. The molecule has 6 fully saturated rings. The van der Waals surface area contributed by atoms with Crippen molar-refractivity contribution >= 4 is 27.8 Å². The number of ketones is 1. The Morgan fingerprint density at radius 1 is 0.661 bits per heavy atom. The fourth-order valence-corrected chi connectivity index (χ4v) is 5.83. The van der Waals surface area contributed by atoms with Crippen LogP contribution < -0.4 is 0 Å². The Bertz CT molecular complexity index is 1150. The Labute approximate surface area is 337 Å². The normalized spacial score (nSPS) is 20.8. The fourth-order valence-electron chi connectivity index (χ4n) is 5.44. The lowest BCUT2D eigenvalue weighted by atomic mass is 9.78. The van der Waals surface area contributed by atoms with Crippen molar-refractivity contribution in [2.24, 2.45) is 0 Å². The van der Waals surface area contributed by atoms with E-state index in [4.69, 9.17) is 24.1 Å². The number of rotatable bonds is 8. The van der Waals surface area contributed by atoms with Crippen LogP contribution >= 0.6 is 0 Å². The Hall–Kier alpha value is -1.72. The highest BCUT2D eigenvalue weighted by Gasteiger charge is 2.38. The van der Waals surface area contributed by atoms with Crippen molar-refractivity contribution in [2.75, 3.05) is 45.9 Å². The molecule has 0 aromatic heterocycles. The molecule has 0 atom stereocenters. The van der Waals surface area contributed by atoms with Gasteiger partial charge in [-0.25, -0.2) is 0 Å². The molecular weight excluding hydrogens is 749 g/mol. The quantitative estimate of drug-likeness (QED) is 0.167. The number of aliphatic hydroxyl groups excluding tert-OH is 1. The van der Waals surface area contributed by atoms with E-state index in [1.165, 1.54) is 32.6 Å². The molecule has 56 heavy (non-hydrogen) atoms. The largest absolute Gasteiger partial charge is 0.460 e. The second kappa shape index (κ2) is 27.1.